The number of hydrogen-bond donors (Lipinski definition) is 2. The highest BCUT2D eigenvalue weighted by Crippen LogP contribution is 2.38. The second-order valence-corrected chi connectivity index (χ2v) is 10.2. The van der Waals surface area contributed by atoms with Crippen LogP contribution in [-0.2, 0) is 21.4 Å². The lowest BCUT2D eigenvalue weighted by Crippen LogP contribution is -2.25. The fourth-order valence-corrected chi connectivity index (χ4v) is 4.37. The topological polar surface area (TPSA) is 122 Å². The van der Waals surface area contributed by atoms with Crippen molar-refractivity contribution in [3.05, 3.63) is 54.4 Å². The summed E-state index contributed by atoms with van der Waals surface area (Å²) in [7, 11) is 0. The quantitative estimate of drug-likeness (QED) is 0.401. The number of rotatable bonds is 10. The number of imidazole rings is 1. The second kappa shape index (κ2) is 11.7. The van der Waals surface area contributed by atoms with E-state index < -0.39 is 6.09 Å². The summed E-state index contributed by atoms with van der Waals surface area (Å²) in [5.74, 6) is 1.88. The molecule has 1 aliphatic rings. The van der Waals surface area contributed by atoms with Gasteiger partial charge in [0.2, 0.25) is 0 Å². The van der Waals surface area contributed by atoms with Gasteiger partial charge in [-0.2, -0.15) is 5.10 Å². The van der Waals surface area contributed by atoms with E-state index in [1.807, 2.05) is 22.9 Å². The van der Waals surface area contributed by atoms with Crippen LogP contribution in [0.25, 0.3) is 0 Å². The first-order valence-electron chi connectivity index (χ1n) is 12.6. The third kappa shape index (κ3) is 6.70. The fourth-order valence-electron chi connectivity index (χ4n) is 4.37. The van der Waals surface area contributed by atoms with Gasteiger partial charge in [0.1, 0.15) is 24.1 Å². The molecule has 0 saturated heterocycles. The second-order valence-electron chi connectivity index (χ2n) is 10.2. The Morgan fingerprint density at radius 2 is 2.11 bits per heavy atom. The number of carbonyl (C=O) groups is 1. The summed E-state index contributed by atoms with van der Waals surface area (Å²) in [4.78, 5) is 21.0. The summed E-state index contributed by atoms with van der Waals surface area (Å²) in [5, 5.41) is 8.44. The van der Waals surface area contributed by atoms with Crippen molar-refractivity contribution >= 4 is 17.7 Å². The van der Waals surface area contributed by atoms with E-state index in [4.69, 9.17) is 25.3 Å². The van der Waals surface area contributed by atoms with Crippen molar-refractivity contribution in [1.29, 1.82) is 0 Å². The molecular weight excluding hydrogens is 458 g/mol. The Morgan fingerprint density at radius 1 is 1.25 bits per heavy atom. The standard InChI is InChI=1S/C26H37N7O3/c1-26(2,3)33-24(30-23-7-4-6-20(29-23)10-15-35-14-5-11-27)17-22(31-33)19-8-9-21(16-19)36-25(34)32-13-12-28-18-32/h4,6-7,12-13,17-19,21H,5,8-11,14-16,27H2,1-3H3,(H,29,30)/t19-,21+/m0/s1. The monoisotopic (exact) mass is 495 g/mol. The lowest BCUT2D eigenvalue weighted by molar-refractivity contribution is 0.101. The maximum atomic E-state index is 12.3. The zero-order valence-corrected chi connectivity index (χ0v) is 21.4. The lowest BCUT2D eigenvalue weighted by atomic mass is 10.0. The lowest BCUT2D eigenvalue weighted by Gasteiger charge is -2.22. The normalized spacial score (nSPS) is 17.9. The van der Waals surface area contributed by atoms with Crippen molar-refractivity contribution in [2.75, 3.05) is 25.1 Å². The van der Waals surface area contributed by atoms with Crippen LogP contribution in [0.4, 0.5) is 16.4 Å². The molecule has 194 valence electrons. The SMILES string of the molecule is CC(C)(C)n1nc([C@H]2CC[C@@H](OC(=O)n3ccnc3)C2)cc1Nc1cccc(CCOCCCN)n1. The predicted molar refractivity (Wildman–Crippen MR) is 137 cm³/mol. The first kappa shape index (κ1) is 25.8. The van der Waals surface area contributed by atoms with Gasteiger partial charge in [-0.25, -0.2) is 24.0 Å². The molecule has 1 fully saturated rings. The molecule has 0 unspecified atom stereocenters. The minimum absolute atomic E-state index is 0.133. The van der Waals surface area contributed by atoms with Crippen LogP contribution in [0.5, 0.6) is 0 Å². The molecule has 36 heavy (non-hydrogen) atoms. The molecule has 3 heterocycles. The molecular formula is C26H37N7O3. The van der Waals surface area contributed by atoms with E-state index in [0.717, 1.165) is 55.1 Å². The number of pyridine rings is 1. The van der Waals surface area contributed by atoms with E-state index in [9.17, 15) is 4.79 Å². The Hall–Kier alpha value is -3.24. The zero-order chi connectivity index (χ0) is 25.5. The van der Waals surface area contributed by atoms with Crippen LogP contribution >= 0.6 is 0 Å². The van der Waals surface area contributed by atoms with Gasteiger partial charge in [-0.3, -0.25) is 0 Å². The smallest absolute Gasteiger partial charge is 0.419 e. The molecule has 3 N–H and O–H groups in total. The first-order chi connectivity index (χ1) is 17.3. The van der Waals surface area contributed by atoms with Crippen LogP contribution in [0.1, 0.15) is 63.8 Å². The largest absolute Gasteiger partial charge is 0.446 e. The Labute approximate surface area is 212 Å². The fraction of sp³-hybridized carbons (Fsp3) is 0.538. The zero-order valence-electron chi connectivity index (χ0n) is 21.4. The highest BCUT2D eigenvalue weighted by Gasteiger charge is 2.32. The number of nitrogens with one attached hydrogen (secondary N) is 1. The number of anilines is 2. The average molecular weight is 496 g/mol. The molecule has 0 amide bonds. The summed E-state index contributed by atoms with van der Waals surface area (Å²) < 4.78 is 14.7. The molecule has 4 rings (SSSR count). The van der Waals surface area contributed by atoms with Crippen LogP contribution in [0, 0.1) is 0 Å². The third-order valence-corrected chi connectivity index (χ3v) is 6.21. The molecule has 0 radical (unpaired) electrons. The minimum atomic E-state index is -0.392. The summed E-state index contributed by atoms with van der Waals surface area (Å²) >= 11 is 0. The molecule has 0 aliphatic heterocycles. The summed E-state index contributed by atoms with van der Waals surface area (Å²) in [6.45, 7) is 8.31. The third-order valence-electron chi connectivity index (χ3n) is 6.21. The van der Waals surface area contributed by atoms with E-state index in [1.165, 1.54) is 10.9 Å². The van der Waals surface area contributed by atoms with E-state index in [1.54, 1.807) is 12.4 Å². The van der Waals surface area contributed by atoms with Crippen LogP contribution in [0.3, 0.4) is 0 Å². The van der Waals surface area contributed by atoms with Crippen LogP contribution < -0.4 is 11.1 Å². The molecule has 10 heteroatoms. The Bertz CT molecular complexity index is 1120. The molecule has 0 spiro atoms. The molecule has 0 bridgehead atoms. The number of nitrogens with zero attached hydrogens (tertiary/aromatic N) is 5. The molecule has 3 aromatic rings. The van der Waals surface area contributed by atoms with Crippen LogP contribution in [0.2, 0.25) is 0 Å². The van der Waals surface area contributed by atoms with Gasteiger partial charge in [-0.15, -0.1) is 0 Å². The number of nitrogens with two attached hydrogens (primary N) is 1. The van der Waals surface area contributed by atoms with Gasteiger partial charge in [0.05, 0.1) is 17.8 Å². The predicted octanol–water partition coefficient (Wildman–Crippen LogP) is 4.20. The molecule has 1 aliphatic carbocycles. The van der Waals surface area contributed by atoms with Gasteiger partial charge in [-0.1, -0.05) is 6.07 Å². The molecule has 2 atom stereocenters. The van der Waals surface area contributed by atoms with Crippen molar-refractivity contribution in [3.63, 3.8) is 0 Å². The average Bonchev–Trinajstić information content (AvgIpc) is 3.60. The van der Waals surface area contributed by atoms with E-state index >= 15 is 0 Å². The van der Waals surface area contributed by atoms with Crippen molar-refractivity contribution in [1.82, 2.24) is 24.3 Å². The van der Waals surface area contributed by atoms with Crippen molar-refractivity contribution in [3.8, 4) is 0 Å². The minimum Gasteiger partial charge on any atom is -0.446 e. The Kier molecular flexibility index (Phi) is 8.37. The maximum absolute atomic E-state index is 12.3. The highest BCUT2D eigenvalue weighted by molar-refractivity contribution is 5.70. The number of hydrogen-bond acceptors (Lipinski definition) is 8. The van der Waals surface area contributed by atoms with Gasteiger partial charge in [0, 0.05) is 43.1 Å². The maximum Gasteiger partial charge on any atom is 0.419 e. The molecule has 1 saturated carbocycles. The van der Waals surface area contributed by atoms with Crippen LogP contribution in [-0.4, -0.2) is 56.3 Å². The summed E-state index contributed by atoms with van der Waals surface area (Å²) in [6, 6.07) is 8.06. The van der Waals surface area contributed by atoms with Gasteiger partial charge < -0.3 is 20.5 Å². The van der Waals surface area contributed by atoms with Gasteiger partial charge in [-0.05, 0) is 65.1 Å². The van der Waals surface area contributed by atoms with E-state index in [-0.39, 0.29) is 17.6 Å². The number of carbonyl (C=O) groups excluding carboxylic acids is 1. The summed E-state index contributed by atoms with van der Waals surface area (Å²) in [6.07, 6.45) is 8.17. The molecule has 0 aromatic carbocycles. The number of aromatic nitrogens is 5. The van der Waals surface area contributed by atoms with Crippen molar-refractivity contribution in [2.45, 2.75) is 70.4 Å². The first-order valence-corrected chi connectivity index (χ1v) is 12.6. The van der Waals surface area contributed by atoms with Gasteiger partial charge >= 0.3 is 6.09 Å². The van der Waals surface area contributed by atoms with E-state index in [2.05, 4.69) is 37.1 Å². The molecule has 3 aromatic heterocycles. The Balaban J connectivity index is 1.42. The van der Waals surface area contributed by atoms with Crippen molar-refractivity contribution < 1.29 is 14.3 Å². The Morgan fingerprint density at radius 3 is 2.86 bits per heavy atom. The van der Waals surface area contributed by atoms with Gasteiger partial charge in [0.25, 0.3) is 0 Å². The summed E-state index contributed by atoms with van der Waals surface area (Å²) in [5.41, 5.74) is 7.26. The highest BCUT2D eigenvalue weighted by atomic mass is 16.6. The van der Waals surface area contributed by atoms with Gasteiger partial charge in [0.15, 0.2) is 0 Å². The van der Waals surface area contributed by atoms with Crippen molar-refractivity contribution in [2.24, 2.45) is 5.73 Å². The van der Waals surface area contributed by atoms with E-state index in [0.29, 0.717) is 19.8 Å². The molecule has 10 nitrogen and oxygen atoms in total. The number of ether oxygens (including phenoxy) is 2. The van der Waals surface area contributed by atoms with Crippen LogP contribution in [0.15, 0.2) is 43.0 Å².